The molecule has 0 saturated carbocycles. The summed E-state index contributed by atoms with van der Waals surface area (Å²) in [5, 5.41) is 3.14. The molecule has 0 atom stereocenters. The molecule has 3 N–H and O–H groups in total. The first-order valence-electron chi connectivity index (χ1n) is 5.72. The van der Waals surface area contributed by atoms with Crippen LogP contribution in [0, 0.1) is 0 Å². The number of amides is 1. The van der Waals surface area contributed by atoms with E-state index in [0.717, 1.165) is 16.9 Å². The lowest BCUT2D eigenvalue weighted by atomic mass is 10.3. The average molecular weight is 248 g/mol. The number of nitrogens with zero attached hydrogens (tertiary/aromatic N) is 2. The molecule has 0 aliphatic carbocycles. The highest BCUT2D eigenvalue weighted by atomic mass is 16.5. The summed E-state index contributed by atoms with van der Waals surface area (Å²) >= 11 is 0. The molecular weight excluding hydrogens is 232 g/mol. The molecule has 6 nitrogen and oxygen atoms in total. The van der Waals surface area contributed by atoms with E-state index in [1.54, 1.807) is 0 Å². The molecule has 2 rings (SSSR count). The lowest BCUT2D eigenvalue weighted by molar-refractivity contribution is 0.157. The third-order valence-electron chi connectivity index (χ3n) is 2.69. The van der Waals surface area contributed by atoms with Crippen LogP contribution >= 0.6 is 0 Å². The summed E-state index contributed by atoms with van der Waals surface area (Å²) in [4.78, 5) is 14.9. The van der Waals surface area contributed by atoms with Crippen molar-refractivity contribution in [2.24, 2.45) is 12.8 Å². The van der Waals surface area contributed by atoms with E-state index in [9.17, 15) is 4.79 Å². The fraction of sp³-hybridized carbons (Fsp3) is 0.333. The quantitative estimate of drug-likeness (QED) is 0.765. The van der Waals surface area contributed by atoms with Crippen molar-refractivity contribution in [1.82, 2.24) is 14.9 Å². The van der Waals surface area contributed by atoms with Gasteiger partial charge in [0.25, 0.3) is 0 Å². The molecule has 2 aromatic rings. The van der Waals surface area contributed by atoms with Crippen LogP contribution in [0.15, 0.2) is 24.3 Å². The monoisotopic (exact) mass is 248 g/mol. The van der Waals surface area contributed by atoms with Crippen LogP contribution in [-0.2, 0) is 18.3 Å². The smallest absolute Gasteiger partial charge is 0.404 e. The zero-order valence-electron chi connectivity index (χ0n) is 10.2. The van der Waals surface area contributed by atoms with Crippen molar-refractivity contribution >= 4 is 17.1 Å². The van der Waals surface area contributed by atoms with Crippen LogP contribution in [0.3, 0.4) is 0 Å². The number of hydrogen-bond acceptors (Lipinski definition) is 4. The zero-order valence-corrected chi connectivity index (χ0v) is 10.2. The van der Waals surface area contributed by atoms with Gasteiger partial charge in [-0.3, -0.25) is 0 Å². The summed E-state index contributed by atoms with van der Waals surface area (Å²) < 4.78 is 6.66. The molecule has 6 heteroatoms. The second-order valence-electron chi connectivity index (χ2n) is 3.92. The number of ether oxygens (including phenoxy) is 1. The Morgan fingerprint density at radius 3 is 3.00 bits per heavy atom. The molecule has 0 aliphatic heterocycles. The maximum Gasteiger partial charge on any atom is 0.404 e. The maximum absolute atomic E-state index is 10.4. The summed E-state index contributed by atoms with van der Waals surface area (Å²) in [7, 11) is 1.98. The predicted octanol–water partition coefficient (Wildman–Crippen LogP) is 0.758. The normalized spacial score (nSPS) is 10.7. The van der Waals surface area contributed by atoms with Gasteiger partial charge in [0.1, 0.15) is 12.4 Å². The number of fused-ring (bicyclic) bond motifs is 1. The lowest BCUT2D eigenvalue weighted by Crippen LogP contribution is -2.24. The SMILES string of the molecule is Cn1c(CNCCOC(N)=O)nc2ccccc21. The van der Waals surface area contributed by atoms with Gasteiger partial charge in [-0.25, -0.2) is 9.78 Å². The number of carbonyl (C=O) groups excluding carboxylic acids is 1. The minimum absolute atomic E-state index is 0.263. The Morgan fingerprint density at radius 2 is 2.28 bits per heavy atom. The van der Waals surface area contributed by atoms with Gasteiger partial charge < -0.3 is 20.4 Å². The Kier molecular flexibility index (Phi) is 3.78. The minimum Gasteiger partial charge on any atom is -0.448 e. The molecule has 1 aromatic heterocycles. The van der Waals surface area contributed by atoms with Crippen LogP contribution < -0.4 is 11.1 Å². The molecular formula is C12H16N4O2. The van der Waals surface area contributed by atoms with Gasteiger partial charge in [0.15, 0.2) is 0 Å². The standard InChI is InChI=1S/C12H16N4O2/c1-16-10-5-3-2-4-9(10)15-11(16)8-14-6-7-18-12(13)17/h2-5,14H,6-8H2,1H3,(H2,13,17). The van der Waals surface area contributed by atoms with Gasteiger partial charge in [-0.1, -0.05) is 12.1 Å². The number of carbonyl (C=O) groups is 1. The fourth-order valence-electron chi connectivity index (χ4n) is 1.78. The first-order chi connectivity index (χ1) is 8.68. The van der Waals surface area contributed by atoms with E-state index in [-0.39, 0.29) is 6.61 Å². The fourth-order valence-corrected chi connectivity index (χ4v) is 1.78. The molecule has 1 heterocycles. The Bertz CT molecular complexity index is 550. The van der Waals surface area contributed by atoms with Crippen LogP contribution in [0.4, 0.5) is 4.79 Å². The van der Waals surface area contributed by atoms with Crippen LogP contribution in [0.5, 0.6) is 0 Å². The van der Waals surface area contributed by atoms with E-state index in [4.69, 9.17) is 5.73 Å². The first kappa shape index (κ1) is 12.4. The number of primary amides is 1. The molecule has 18 heavy (non-hydrogen) atoms. The molecule has 0 radical (unpaired) electrons. The summed E-state index contributed by atoms with van der Waals surface area (Å²) in [5.74, 6) is 0.940. The number of aromatic nitrogens is 2. The minimum atomic E-state index is -0.750. The van der Waals surface area contributed by atoms with Crippen molar-refractivity contribution in [3.63, 3.8) is 0 Å². The number of para-hydroxylation sites is 2. The third-order valence-corrected chi connectivity index (χ3v) is 2.69. The Balaban J connectivity index is 1.91. The second kappa shape index (κ2) is 5.50. The summed E-state index contributed by atoms with van der Waals surface area (Å²) in [6, 6.07) is 7.96. The zero-order chi connectivity index (χ0) is 13.0. The summed E-state index contributed by atoms with van der Waals surface area (Å²) in [5.41, 5.74) is 6.93. The average Bonchev–Trinajstić information content (AvgIpc) is 2.66. The number of imidazole rings is 1. The van der Waals surface area contributed by atoms with Crippen molar-refractivity contribution in [3.8, 4) is 0 Å². The number of rotatable bonds is 5. The molecule has 0 spiro atoms. The molecule has 0 aliphatic rings. The topological polar surface area (TPSA) is 82.2 Å². The molecule has 0 bridgehead atoms. The molecule has 0 saturated heterocycles. The van der Waals surface area contributed by atoms with E-state index in [1.807, 2.05) is 35.9 Å². The number of nitrogens with two attached hydrogens (primary N) is 1. The molecule has 0 fully saturated rings. The van der Waals surface area contributed by atoms with Crippen LogP contribution in [0.25, 0.3) is 11.0 Å². The summed E-state index contributed by atoms with van der Waals surface area (Å²) in [6.45, 7) is 1.43. The first-order valence-corrected chi connectivity index (χ1v) is 5.72. The third kappa shape index (κ3) is 2.78. The number of hydrogen-bond donors (Lipinski definition) is 2. The number of aryl methyl sites for hydroxylation is 1. The van der Waals surface area contributed by atoms with E-state index < -0.39 is 6.09 Å². The Labute approximate surface area is 105 Å². The van der Waals surface area contributed by atoms with Gasteiger partial charge in [-0.05, 0) is 12.1 Å². The van der Waals surface area contributed by atoms with E-state index in [0.29, 0.717) is 13.1 Å². The van der Waals surface area contributed by atoms with Gasteiger partial charge >= 0.3 is 6.09 Å². The Hall–Kier alpha value is -2.08. The van der Waals surface area contributed by atoms with Crippen molar-refractivity contribution in [2.75, 3.05) is 13.2 Å². The largest absolute Gasteiger partial charge is 0.448 e. The highest BCUT2D eigenvalue weighted by molar-refractivity contribution is 5.75. The number of benzene rings is 1. The van der Waals surface area contributed by atoms with Gasteiger partial charge in [-0.2, -0.15) is 0 Å². The highest BCUT2D eigenvalue weighted by Gasteiger charge is 2.05. The van der Waals surface area contributed by atoms with Crippen LogP contribution in [0.1, 0.15) is 5.82 Å². The van der Waals surface area contributed by atoms with Crippen molar-refractivity contribution in [1.29, 1.82) is 0 Å². The number of nitrogens with one attached hydrogen (secondary N) is 1. The second-order valence-corrected chi connectivity index (χ2v) is 3.92. The maximum atomic E-state index is 10.4. The van der Waals surface area contributed by atoms with Crippen molar-refractivity contribution in [3.05, 3.63) is 30.1 Å². The van der Waals surface area contributed by atoms with Crippen LogP contribution in [0.2, 0.25) is 0 Å². The van der Waals surface area contributed by atoms with Gasteiger partial charge in [-0.15, -0.1) is 0 Å². The van der Waals surface area contributed by atoms with Crippen molar-refractivity contribution in [2.45, 2.75) is 6.54 Å². The molecule has 1 amide bonds. The highest BCUT2D eigenvalue weighted by Crippen LogP contribution is 2.13. The molecule has 96 valence electrons. The predicted molar refractivity (Wildman–Crippen MR) is 68.0 cm³/mol. The van der Waals surface area contributed by atoms with Crippen molar-refractivity contribution < 1.29 is 9.53 Å². The van der Waals surface area contributed by atoms with E-state index in [1.165, 1.54) is 0 Å². The molecule has 1 aromatic carbocycles. The van der Waals surface area contributed by atoms with Crippen LogP contribution in [-0.4, -0.2) is 28.8 Å². The summed E-state index contributed by atoms with van der Waals surface area (Å²) in [6.07, 6.45) is -0.750. The lowest BCUT2D eigenvalue weighted by Gasteiger charge is -2.05. The molecule has 0 unspecified atom stereocenters. The Morgan fingerprint density at radius 1 is 1.50 bits per heavy atom. The van der Waals surface area contributed by atoms with E-state index in [2.05, 4.69) is 15.0 Å². The van der Waals surface area contributed by atoms with Gasteiger partial charge in [0, 0.05) is 13.6 Å². The van der Waals surface area contributed by atoms with Gasteiger partial charge in [0.2, 0.25) is 0 Å². The van der Waals surface area contributed by atoms with Gasteiger partial charge in [0.05, 0.1) is 17.6 Å². The van der Waals surface area contributed by atoms with E-state index >= 15 is 0 Å².